The van der Waals surface area contributed by atoms with E-state index in [1.165, 1.54) is 18.4 Å². The van der Waals surface area contributed by atoms with E-state index in [4.69, 9.17) is 4.74 Å². The van der Waals surface area contributed by atoms with Crippen LogP contribution in [0.5, 0.6) is 11.5 Å². The molecule has 0 aliphatic carbocycles. The molecule has 1 aromatic carbocycles. The average molecular weight is 330 g/mol. The number of thiazole rings is 1. The highest BCUT2D eigenvalue weighted by molar-refractivity contribution is 7.14. The van der Waals surface area contributed by atoms with Crippen LogP contribution >= 0.6 is 11.3 Å². The molecule has 1 heterocycles. The van der Waals surface area contributed by atoms with Crippen molar-refractivity contribution in [3.8, 4) is 11.5 Å². The van der Waals surface area contributed by atoms with Gasteiger partial charge in [-0.25, -0.2) is 4.98 Å². The van der Waals surface area contributed by atoms with E-state index in [2.05, 4.69) is 16.9 Å². The Bertz CT molecular complexity index is 750. The number of phenols is 1. The summed E-state index contributed by atoms with van der Waals surface area (Å²) in [5.74, 6) is 0.386. The van der Waals surface area contributed by atoms with Crippen LogP contribution in [-0.4, -0.2) is 30.2 Å². The first-order valence-corrected chi connectivity index (χ1v) is 7.77. The standard InChI is InChI=1S/C17H18N2O3S/c1-4-5-12-8-11(9-13(22-3)16(12)20)6-7-15-19-10-14(23-15)17(21)18-2/h4,6-10,20H,1,5H2,2-3H3,(H,18,21)/b7-6+. The zero-order valence-corrected chi connectivity index (χ0v) is 13.8. The van der Waals surface area contributed by atoms with E-state index in [9.17, 15) is 9.90 Å². The van der Waals surface area contributed by atoms with Gasteiger partial charge in [-0.2, -0.15) is 0 Å². The molecule has 0 bridgehead atoms. The Kier molecular flexibility index (Phi) is 5.54. The smallest absolute Gasteiger partial charge is 0.262 e. The molecule has 120 valence electrons. The minimum absolute atomic E-state index is 0.126. The molecule has 2 rings (SSSR count). The third-order valence-corrected chi connectivity index (χ3v) is 4.11. The summed E-state index contributed by atoms with van der Waals surface area (Å²) in [5.41, 5.74) is 1.61. The summed E-state index contributed by atoms with van der Waals surface area (Å²) in [6.45, 7) is 3.69. The lowest BCUT2D eigenvalue weighted by atomic mass is 10.1. The third-order valence-electron chi connectivity index (χ3n) is 3.15. The summed E-state index contributed by atoms with van der Waals surface area (Å²) in [5, 5.41) is 13.4. The van der Waals surface area contributed by atoms with Crippen molar-refractivity contribution in [1.29, 1.82) is 0 Å². The number of amides is 1. The second-order valence-electron chi connectivity index (χ2n) is 4.70. The average Bonchev–Trinajstić information content (AvgIpc) is 3.03. The van der Waals surface area contributed by atoms with E-state index in [0.29, 0.717) is 17.0 Å². The van der Waals surface area contributed by atoms with Gasteiger partial charge in [0.1, 0.15) is 9.88 Å². The highest BCUT2D eigenvalue weighted by Crippen LogP contribution is 2.32. The van der Waals surface area contributed by atoms with Gasteiger partial charge in [-0.05, 0) is 30.2 Å². The molecule has 0 aliphatic rings. The van der Waals surface area contributed by atoms with Crippen LogP contribution in [0.1, 0.15) is 25.8 Å². The highest BCUT2D eigenvalue weighted by atomic mass is 32.1. The van der Waals surface area contributed by atoms with Crippen molar-refractivity contribution in [2.24, 2.45) is 0 Å². The fourth-order valence-corrected chi connectivity index (χ4v) is 2.78. The number of carbonyl (C=O) groups excluding carboxylic acids is 1. The first kappa shape index (κ1) is 16.8. The lowest BCUT2D eigenvalue weighted by Crippen LogP contribution is -2.16. The highest BCUT2D eigenvalue weighted by Gasteiger charge is 2.09. The summed E-state index contributed by atoms with van der Waals surface area (Å²) in [6.07, 6.45) is 7.49. The summed E-state index contributed by atoms with van der Waals surface area (Å²) >= 11 is 1.31. The molecule has 0 saturated carbocycles. The van der Waals surface area contributed by atoms with E-state index >= 15 is 0 Å². The Morgan fingerprint density at radius 3 is 2.91 bits per heavy atom. The van der Waals surface area contributed by atoms with Crippen molar-refractivity contribution in [1.82, 2.24) is 10.3 Å². The number of carbonyl (C=O) groups is 1. The number of methoxy groups -OCH3 is 1. The lowest BCUT2D eigenvalue weighted by molar-refractivity contribution is 0.0967. The fraction of sp³-hybridized carbons (Fsp3) is 0.176. The van der Waals surface area contributed by atoms with E-state index in [0.717, 1.165) is 16.1 Å². The first-order chi connectivity index (χ1) is 11.1. The molecule has 23 heavy (non-hydrogen) atoms. The Balaban J connectivity index is 2.28. The number of allylic oxidation sites excluding steroid dienone is 1. The van der Waals surface area contributed by atoms with Gasteiger partial charge in [-0.15, -0.1) is 17.9 Å². The molecule has 6 heteroatoms. The minimum Gasteiger partial charge on any atom is -0.504 e. The van der Waals surface area contributed by atoms with Gasteiger partial charge in [0.05, 0.1) is 13.3 Å². The second kappa shape index (κ2) is 7.60. The van der Waals surface area contributed by atoms with Crippen molar-refractivity contribution >= 4 is 29.4 Å². The van der Waals surface area contributed by atoms with Crippen molar-refractivity contribution < 1.29 is 14.6 Å². The van der Waals surface area contributed by atoms with E-state index < -0.39 is 0 Å². The van der Waals surface area contributed by atoms with Gasteiger partial charge in [0.25, 0.3) is 5.91 Å². The molecular weight excluding hydrogens is 312 g/mol. The number of nitrogens with zero attached hydrogens (tertiary/aromatic N) is 1. The number of aromatic hydroxyl groups is 1. The van der Waals surface area contributed by atoms with Gasteiger partial charge in [-0.1, -0.05) is 12.2 Å². The molecule has 2 N–H and O–H groups in total. The quantitative estimate of drug-likeness (QED) is 0.798. The molecule has 0 spiro atoms. The number of phenolic OH excluding ortho intramolecular Hbond substituents is 1. The Hall–Kier alpha value is -2.60. The maximum Gasteiger partial charge on any atom is 0.262 e. The summed E-state index contributed by atoms with van der Waals surface area (Å²) < 4.78 is 5.19. The molecule has 0 aliphatic heterocycles. The van der Waals surface area contributed by atoms with Crippen molar-refractivity contribution in [3.63, 3.8) is 0 Å². The van der Waals surface area contributed by atoms with Crippen LogP contribution < -0.4 is 10.1 Å². The Morgan fingerprint density at radius 2 is 2.26 bits per heavy atom. The maximum atomic E-state index is 11.5. The monoisotopic (exact) mass is 330 g/mol. The molecule has 0 radical (unpaired) electrons. The van der Waals surface area contributed by atoms with Crippen LogP contribution in [-0.2, 0) is 6.42 Å². The normalized spacial score (nSPS) is 10.7. The largest absolute Gasteiger partial charge is 0.504 e. The Labute approximate surface area is 139 Å². The topological polar surface area (TPSA) is 71.5 Å². The van der Waals surface area contributed by atoms with Gasteiger partial charge >= 0.3 is 0 Å². The fourth-order valence-electron chi connectivity index (χ4n) is 2.01. The predicted octanol–water partition coefficient (Wildman–Crippen LogP) is 3.12. The first-order valence-electron chi connectivity index (χ1n) is 6.95. The van der Waals surface area contributed by atoms with Crippen LogP contribution in [0.2, 0.25) is 0 Å². The van der Waals surface area contributed by atoms with Crippen LogP contribution in [0.4, 0.5) is 0 Å². The summed E-state index contributed by atoms with van der Waals surface area (Å²) in [6, 6.07) is 3.61. The minimum atomic E-state index is -0.151. The molecule has 1 amide bonds. The molecule has 5 nitrogen and oxygen atoms in total. The number of aromatic nitrogens is 1. The third kappa shape index (κ3) is 3.98. The number of benzene rings is 1. The molecule has 0 unspecified atom stereocenters. The number of ether oxygens (including phenoxy) is 1. The van der Waals surface area contributed by atoms with Gasteiger partial charge in [-0.3, -0.25) is 4.79 Å². The molecule has 0 atom stereocenters. The number of nitrogens with one attached hydrogen (secondary N) is 1. The molecule has 0 fully saturated rings. The number of hydrogen-bond acceptors (Lipinski definition) is 5. The maximum absolute atomic E-state index is 11.5. The van der Waals surface area contributed by atoms with Crippen LogP contribution in [0.3, 0.4) is 0 Å². The second-order valence-corrected chi connectivity index (χ2v) is 5.76. The summed E-state index contributed by atoms with van der Waals surface area (Å²) in [7, 11) is 3.10. The van der Waals surface area contributed by atoms with Crippen molar-refractivity contribution in [2.45, 2.75) is 6.42 Å². The van der Waals surface area contributed by atoms with Gasteiger partial charge in [0, 0.05) is 12.6 Å². The zero-order valence-electron chi connectivity index (χ0n) is 13.0. The van der Waals surface area contributed by atoms with E-state index in [1.54, 1.807) is 25.4 Å². The number of rotatable bonds is 6. The van der Waals surface area contributed by atoms with Crippen LogP contribution in [0.15, 0.2) is 31.0 Å². The van der Waals surface area contributed by atoms with E-state index in [-0.39, 0.29) is 11.7 Å². The SMILES string of the molecule is C=CCc1cc(/C=C/c2ncc(C(=O)NC)s2)cc(OC)c1O. The molecule has 1 aromatic heterocycles. The van der Waals surface area contributed by atoms with Gasteiger partial charge in [0.2, 0.25) is 0 Å². The van der Waals surface area contributed by atoms with Gasteiger partial charge < -0.3 is 15.2 Å². The predicted molar refractivity (Wildman–Crippen MR) is 93.0 cm³/mol. The van der Waals surface area contributed by atoms with Crippen LogP contribution in [0, 0.1) is 0 Å². The molecule has 0 saturated heterocycles. The van der Waals surface area contributed by atoms with Crippen molar-refractivity contribution in [2.75, 3.05) is 14.2 Å². The molecule has 2 aromatic rings. The summed E-state index contributed by atoms with van der Waals surface area (Å²) in [4.78, 5) is 16.3. The van der Waals surface area contributed by atoms with Gasteiger partial charge in [0.15, 0.2) is 11.5 Å². The zero-order chi connectivity index (χ0) is 16.8. The lowest BCUT2D eigenvalue weighted by Gasteiger charge is -2.09. The number of hydrogen-bond donors (Lipinski definition) is 2. The Morgan fingerprint density at radius 1 is 1.48 bits per heavy atom. The molecular formula is C17H18N2O3S. The van der Waals surface area contributed by atoms with Crippen molar-refractivity contribution in [3.05, 3.63) is 52.0 Å². The van der Waals surface area contributed by atoms with E-state index in [1.807, 2.05) is 18.2 Å². The van der Waals surface area contributed by atoms with Crippen LogP contribution in [0.25, 0.3) is 12.2 Å².